The number of hydrogen-bond donors (Lipinski definition) is 0. The molecule has 3 rings (SSSR count). The maximum Gasteiger partial charge on any atom is 0.344 e. The molecule has 0 saturated carbocycles. The van der Waals surface area contributed by atoms with Crippen LogP contribution in [-0.4, -0.2) is 27.7 Å². The monoisotopic (exact) mass is 457 g/mol. The molecule has 0 aliphatic carbocycles. The molecule has 0 amide bonds. The van der Waals surface area contributed by atoms with Crippen molar-refractivity contribution >= 4 is 46.5 Å². The number of rotatable bonds is 7. The van der Waals surface area contributed by atoms with Crippen LogP contribution in [0, 0.1) is 10.1 Å². The zero-order valence-electron chi connectivity index (χ0n) is 14.3. The van der Waals surface area contributed by atoms with Crippen LogP contribution in [0.25, 0.3) is 11.5 Å². The lowest BCUT2D eigenvalue weighted by Crippen LogP contribution is -2.15. The highest BCUT2D eigenvalue weighted by atomic mass is 35.5. The van der Waals surface area contributed by atoms with E-state index < -0.39 is 17.5 Å². The van der Waals surface area contributed by atoms with Crippen molar-refractivity contribution in [3.8, 4) is 17.2 Å². The fraction of sp³-hybridized carbons (Fsp3) is 0.118. The molecule has 9 nitrogen and oxygen atoms in total. The molecule has 2 aromatic carbocycles. The van der Waals surface area contributed by atoms with Crippen LogP contribution in [0.15, 0.2) is 40.8 Å². The van der Waals surface area contributed by atoms with Crippen molar-refractivity contribution in [2.24, 2.45) is 0 Å². The first-order valence-corrected chi connectivity index (χ1v) is 8.97. The van der Waals surface area contributed by atoms with Gasteiger partial charge in [-0.15, -0.1) is 10.2 Å². The summed E-state index contributed by atoms with van der Waals surface area (Å²) in [4.78, 5) is 22.0. The third kappa shape index (κ3) is 5.35. The lowest BCUT2D eigenvalue weighted by molar-refractivity contribution is -0.384. The lowest BCUT2D eigenvalue weighted by Gasteiger charge is -2.08. The topological polar surface area (TPSA) is 118 Å². The Morgan fingerprint density at radius 2 is 1.76 bits per heavy atom. The predicted molar refractivity (Wildman–Crippen MR) is 103 cm³/mol. The third-order valence-electron chi connectivity index (χ3n) is 3.47. The van der Waals surface area contributed by atoms with Crippen molar-refractivity contribution in [3.05, 3.63) is 67.5 Å². The molecular weight excluding hydrogens is 449 g/mol. The summed E-state index contributed by atoms with van der Waals surface area (Å²) in [5.74, 6) is -0.359. The Hall–Kier alpha value is -2.88. The first kappa shape index (κ1) is 20.8. The van der Waals surface area contributed by atoms with E-state index >= 15 is 0 Å². The molecule has 1 heterocycles. The van der Waals surface area contributed by atoms with Gasteiger partial charge in [-0.3, -0.25) is 10.1 Å². The van der Waals surface area contributed by atoms with E-state index in [1.165, 1.54) is 36.4 Å². The lowest BCUT2D eigenvalue weighted by atomic mass is 10.2. The van der Waals surface area contributed by atoms with E-state index in [-0.39, 0.29) is 44.9 Å². The maximum atomic E-state index is 11.8. The molecule has 12 heteroatoms. The first-order chi connectivity index (χ1) is 13.8. The summed E-state index contributed by atoms with van der Waals surface area (Å²) in [6.45, 7) is -0.710. The van der Waals surface area contributed by atoms with Crippen LogP contribution in [0.5, 0.6) is 5.75 Å². The molecule has 1 aromatic heterocycles. The van der Waals surface area contributed by atoms with E-state index in [9.17, 15) is 14.9 Å². The van der Waals surface area contributed by atoms with Crippen LogP contribution >= 0.6 is 34.8 Å². The molecule has 29 heavy (non-hydrogen) atoms. The van der Waals surface area contributed by atoms with Crippen LogP contribution < -0.4 is 4.74 Å². The van der Waals surface area contributed by atoms with Gasteiger partial charge < -0.3 is 13.9 Å². The van der Waals surface area contributed by atoms with E-state index in [1.54, 1.807) is 0 Å². The third-order valence-corrected chi connectivity index (χ3v) is 4.49. The number of nitro benzene ring substituents is 1. The summed E-state index contributed by atoms with van der Waals surface area (Å²) in [6, 6.07) is 8.33. The molecular formula is C17H10Cl3N3O6. The second-order valence-corrected chi connectivity index (χ2v) is 6.67. The fourth-order valence-electron chi connectivity index (χ4n) is 2.09. The average Bonchev–Trinajstić information content (AvgIpc) is 3.17. The second-order valence-electron chi connectivity index (χ2n) is 5.45. The largest absolute Gasteiger partial charge is 0.480 e. The van der Waals surface area contributed by atoms with Crippen LogP contribution in [0.4, 0.5) is 5.69 Å². The number of nitro groups is 1. The second kappa shape index (κ2) is 9.08. The summed E-state index contributed by atoms with van der Waals surface area (Å²) >= 11 is 17.6. The molecule has 0 radical (unpaired) electrons. The van der Waals surface area contributed by atoms with Crippen molar-refractivity contribution < 1.29 is 23.6 Å². The average molecular weight is 459 g/mol. The van der Waals surface area contributed by atoms with Gasteiger partial charge in [0.25, 0.3) is 11.6 Å². The molecule has 0 saturated heterocycles. The number of hydrogen-bond acceptors (Lipinski definition) is 8. The Morgan fingerprint density at radius 1 is 1.07 bits per heavy atom. The molecule has 0 atom stereocenters. The summed E-state index contributed by atoms with van der Waals surface area (Å²) < 4.78 is 15.6. The van der Waals surface area contributed by atoms with Crippen molar-refractivity contribution in [3.63, 3.8) is 0 Å². The molecule has 0 aliphatic heterocycles. The molecule has 150 valence electrons. The van der Waals surface area contributed by atoms with E-state index in [0.717, 1.165) is 0 Å². The fourth-order valence-corrected chi connectivity index (χ4v) is 2.68. The van der Waals surface area contributed by atoms with Crippen LogP contribution in [0.1, 0.15) is 5.89 Å². The van der Waals surface area contributed by atoms with Gasteiger partial charge in [-0.25, -0.2) is 4.79 Å². The molecule has 0 aliphatic rings. The molecule has 0 spiro atoms. The van der Waals surface area contributed by atoms with Gasteiger partial charge in [0.2, 0.25) is 5.89 Å². The number of non-ortho nitro benzene ring substituents is 1. The van der Waals surface area contributed by atoms with Gasteiger partial charge in [0.05, 0.1) is 20.0 Å². The highest BCUT2D eigenvalue weighted by molar-refractivity contribution is 6.43. The Kier molecular flexibility index (Phi) is 6.53. The summed E-state index contributed by atoms with van der Waals surface area (Å²) in [7, 11) is 0. The molecule has 0 bridgehead atoms. The highest BCUT2D eigenvalue weighted by Gasteiger charge is 2.14. The van der Waals surface area contributed by atoms with Gasteiger partial charge in [-0.1, -0.05) is 34.8 Å². The number of esters is 1. The Labute approximate surface area is 178 Å². The number of carbonyl (C=O) groups excluding carboxylic acids is 1. The predicted octanol–water partition coefficient (Wildman–Crippen LogP) is 4.73. The zero-order valence-corrected chi connectivity index (χ0v) is 16.6. The normalized spacial score (nSPS) is 10.6. The number of nitrogens with zero attached hydrogens (tertiary/aromatic N) is 3. The van der Waals surface area contributed by atoms with E-state index in [2.05, 4.69) is 10.2 Å². The molecule has 3 aromatic rings. The summed E-state index contributed by atoms with van der Waals surface area (Å²) in [5.41, 5.74) is 0.419. The van der Waals surface area contributed by atoms with Crippen molar-refractivity contribution in [1.82, 2.24) is 10.2 Å². The Balaban J connectivity index is 1.53. The SMILES string of the molecule is O=C(COc1cc(Cl)c(Cl)cc1Cl)OCc1nnc(-c2ccc([N+](=O)[O-])cc2)o1. The van der Waals surface area contributed by atoms with Crippen molar-refractivity contribution in [1.29, 1.82) is 0 Å². The quantitative estimate of drug-likeness (QED) is 0.216. The maximum absolute atomic E-state index is 11.8. The van der Waals surface area contributed by atoms with Gasteiger partial charge >= 0.3 is 5.97 Å². The van der Waals surface area contributed by atoms with Crippen LogP contribution in [0.2, 0.25) is 15.1 Å². The van der Waals surface area contributed by atoms with Crippen molar-refractivity contribution in [2.75, 3.05) is 6.61 Å². The summed E-state index contributed by atoms with van der Waals surface area (Å²) in [5, 5.41) is 18.9. The minimum Gasteiger partial charge on any atom is -0.480 e. The number of benzene rings is 2. The van der Waals surface area contributed by atoms with Gasteiger partial charge in [0, 0.05) is 23.8 Å². The van der Waals surface area contributed by atoms with Crippen LogP contribution in [-0.2, 0) is 16.1 Å². The highest BCUT2D eigenvalue weighted by Crippen LogP contribution is 2.33. The van der Waals surface area contributed by atoms with E-state index in [0.29, 0.717) is 5.56 Å². The number of ether oxygens (including phenoxy) is 2. The van der Waals surface area contributed by atoms with Gasteiger partial charge in [-0.05, 0) is 18.2 Å². The number of carbonyl (C=O) groups is 1. The minimum absolute atomic E-state index is 0.0410. The van der Waals surface area contributed by atoms with Gasteiger partial charge in [0.15, 0.2) is 13.2 Å². The first-order valence-electron chi connectivity index (χ1n) is 7.83. The van der Waals surface area contributed by atoms with Crippen LogP contribution in [0.3, 0.4) is 0 Å². The Morgan fingerprint density at radius 3 is 2.45 bits per heavy atom. The van der Waals surface area contributed by atoms with Gasteiger partial charge in [0.1, 0.15) is 5.75 Å². The smallest absolute Gasteiger partial charge is 0.344 e. The minimum atomic E-state index is -0.706. The van der Waals surface area contributed by atoms with E-state index in [4.69, 9.17) is 48.7 Å². The zero-order chi connectivity index (χ0) is 21.0. The number of aromatic nitrogens is 2. The summed E-state index contributed by atoms with van der Waals surface area (Å²) in [6.07, 6.45) is 0. The van der Waals surface area contributed by atoms with Crippen molar-refractivity contribution in [2.45, 2.75) is 6.61 Å². The standard InChI is InChI=1S/C17H10Cl3N3O6/c18-11-5-13(20)14(6-12(11)19)27-8-16(24)28-7-15-21-22-17(29-15)9-1-3-10(4-2-9)23(25)26/h1-6H,7-8H2. The Bertz CT molecular complexity index is 1060. The molecule has 0 N–H and O–H groups in total. The van der Waals surface area contributed by atoms with E-state index in [1.807, 2.05) is 0 Å². The molecule has 0 unspecified atom stereocenters. The molecule has 0 fully saturated rings. The number of halogens is 3. The van der Waals surface area contributed by atoms with Gasteiger partial charge in [-0.2, -0.15) is 0 Å².